The smallest absolute Gasteiger partial charge is 0.254 e. The normalized spacial score (nSPS) is 14.3. The number of carbonyl (C=O) groups excluding carboxylic acids is 2. The highest BCUT2D eigenvalue weighted by Gasteiger charge is 2.22. The molecule has 1 fully saturated rings. The quantitative estimate of drug-likeness (QED) is 0.846. The Morgan fingerprint density at radius 3 is 2.41 bits per heavy atom. The van der Waals surface area contributed by atoms with Gasteiger partial charge in [0, 0.05) is 50.4 Å². The Balaban J connectivity index is 1.43. The summed E-state index contributed by atoms with van der Waals surface area (Å²) in [7, 11) is 0. The number of nitrogens with zero attached hydrogens (tertiary/aromatic N) is 3. The molecule has 1 heterocycles. The summed E-state index contributed by atoms with van der Waals surface area (Å²) in [5.74, 6) is -0.631. The van der Waals surface area contributed by atoms with Crippen molar-refractivity contribution in [2.45, 2.75) is 13.3 Å². The molecule has 1 aliphatic heterocycles. The molecule has 1 N–H and O–H groups in total. The van der Waals surface area contributed by atoms with Crippen molar-refractivity contribution in [2.24, 2.45) is 0 Å². The second-order valence-corrected chi connectivity index (χ2v) is 7.09. The van der Waals surface area contributed by atoms with Crippen molar-refractivity contribution < 1.29 is 14.0 Å². The van der Waals surface area contributed by atoms with Crippen LogP contribution < -0.4 is 5.32 Å². The van der Waals surface area contributed by atoms with Gasteiger partial charge in [0.15, 0.2) is 0 Å². The molecule has 3 rings (SSSR count). The summed E-state index contributed by atoms with van der Waals surface area (Å²) < 4.78 is 13.7. The Bertz CT molecular complexity index is 929. The van der Waals surface area contributed by atoms with Crippen molar-refractivity contribution in [1.29, 1.82) is 5.26 Å². The van der Waals surface area contributed by atoms with Gasteiger partial charge in [-0.25, -0.2) is 4.39 Å². The number of anilines is 1. The fourth-order valence-corrected chi connectivity index (χ4v) is 3.19. The highest BCUT2D eigenvalue weighted by molar-refractivity contribution is 5.94. The van der Waals surface area contributed by atoms with E-state index in [2.05, 4.69) is 10.2 Å². The summed E-state index contributed by atoms with van der Waals surface area (Å²) in [6.07, 6.45) is 0.344. The van der Waals surface area contributed by atoms with Crippen LogP contribution in [-0.2, 0) is 4.79 Å². The molecule has 29 heavy (non-hydrogen) atoms. The highest BCUT2D eigenvalue weighted by atomic mass is 19.1. The zero-order valence-corrected chi connectivity index (χ0v) is 16.3. The van der Waals surface area contributed by atoms with E-state index in [0.717, 1.165) is 0 Å². The summed E-state index contributed by atoms with van der Waals surface area (Å²) in [5, 5.41) is 11.6. The molecule has 2 aromatic carbocycles. The fourth-order valence-electron chi connectivity index (χ4n) is 3.19. The Labute approximate surface area is 169 Å². The second-order valence-electron chi connectivity index (χ2n) is 7.09. The molecule has 0 atom stereocenters. The van der Waals surface area contributed by atoms with E-state index in [-0.39, 0.29) is 17.6 Å². The van der Waals surface area contributed by atoms with Gasteiger partial charge in [-0.3, -0.25) is 14.5 Å². The zero-order valence-electron chi connectivity index (χ0n) is 16.3. The van der Waals surface area contributed by atoms with Gasteiger partial charge in [-0.2, -0.15) is 5.26 Å². The van der Waals surface area contributed by atoms with E-state index in [9.17, 15) is 14.0 Å². The molecule has 0 bridgehead atoms. The van der Waals surface area contributed by atoms with Crippen LogP contribution in [0.3, 0.4) is 0 Å². The van der Waals surface area contributed by atoms with Gasteiger partial charge < -0.3 is 10.2 Å². The number of nitrogens with one attached hydrogen (secondary N) is 1. The van der Waals surface area contributed by atoms with Gasteiger partial charge in [-0.15, -0.1) is 0 Å². The first-order valence-electron chi connectivity index (χ1n) is 9.54. The zero-order chi connectivity index (χ0) is 20.8. The molecule has 2 aromatic rings. The lowest BCUT2D eigenvalue weighted by molar-refractivity contribution is -0.116. The molecule has 1 saturated heterocycles. The van der Waals surface area contributed by atoms with Crippen LogP contribution in [-0.4, -0.2) is 54.3 Å². The lowest BCUT2D eigenvalue weighted by Gasteiger charge is -2.34. The molecule has 150 valence electrons. The average Bonchev–Trinajstić information content (AvgIpc) is 2.74. The van der Waals surface area contributed by atoms with Crippen LogP contribution >= 0.6 is 0 Å². The van der Waals surface area contributed by atoms with Crippen molar-refractivity contribution in [3.8, 4) is 6.07 Å². The number of benzene rings is 2. The van der Waals surface area contributed by atoms with Gasteiger partial charge in [0.2, 0.25) is 5.91 Å². The van der Waals surface area contributed by atoms with E-state index < -0.39 is 0 Å². The number of nitriles is 1. The van der Waals surface area contributed by atoms with Crippen LogP contribution in [0, 0.1) is 24.1 Å². The van der Waals surface area contributed by atoms with E-state index >= 15 is 0 Å². The minimum atomic E-state index is -0.372. The third-order valence-electron chi connectivity index (χ3n) is 5.03. The lowest BCUT2D eigenvalue weighted by atomic mass is 10.1. The van der Waals surface area contributed by atoms with Gasteiger partial charge >= 0.3 is 0 Å². The number of amides is 2. The minimum Gasteiger partial charge on any atom is -0.336 e. The Morgan fingerprint density at radius 1 is 1.10 bits per heavy atom. The number of hydrogen-bond donors (Lipinski definition) is 1. The first-order valence-corrected chi connectivity index (χ1v) is 9.54. The molecule has 0 unspecified atom stereocenters. The number of hydrogen-bond acceptors (Lipinski definition) is 4. The standard InChI is InChI=1S/C22H23FN4O2/c1-16-2-5-18(14-20(16)23)22(29)27-12-10-26(11-13-27)9-8-21(28)25-19-6-3-17(15-24)4-7-19/h2-7,14H,8-13H2,1H3,(H,25,28). The van der Waals surface area contributed by atoms with Gasteiger partial charge in [0.25, 0.3) is 5.91 Å². The van der Waals surface area contributed by atoms with Crippen molar-refractivity contribution >= 4 is 17.5 Å². The van der Waals surface area contributed by atoms with Crippen molar-refractivity contribution in [3.63, 3.8) is 0 Å². The number of carbonyl (C=O) groups is 2. The van der Waals surface area contributed by atoms with Crippen LogP contribution in [0.15, 0.2) is 42.5 Å². The largest absolute Gasteiger partial charge is 0.336 e. The molecule has 7 heteroatoms. The number of rotatable bonds is 5. The first kappa shape index (κ1) is 20.5. The summed E-state index contributed by atoms with van der Waals surface area (Å²) >= 11 is 0. The lowest BCUT2D eigenvalue weighted by Crippen LogP contribution is -2.49. The molecule has 2 amide bonds. The van der Waals surface area contributed by atoms with E-state index in [0.29, 0.717) is 61.5 Å². The number of halogens is 1. The fraction of sp³-hybridized carbons (Fsp3) is 0.318. The summed E-state index contributed by atoms with van der Waals surface area (Å²) in [6.45, 7) is 4.70. The van der Waals surface area contributed by atoms with Crippen LogP contribution in [0.2, 0.25) is 0 Å². The van der Waals surface area contributed by atoms with E-state index in [4.69, 9.17) is 5.26 Å². The Hall–Kier alpha value is -3.24. The van der Waals surface area contributed by atoms with Crippen molar-refractivity contribution in [1.82, 2.24) is 9.80 Å². The van der Waals surface area contributed by atoms with Gasteiger partial charge in [-0.1, -0.05) is 6.07 Å². The average molecular weight is 394 g/mol. The monoisotopic (exact) mass is 394 g/mol. The van der Waals surface area contributed by atoms with E-state index in [1.807, 2.05) is 6.07 Å². The SMILES string of the molecule is Cc1ccc(C(=O)N2CCN(CCC(=O)Nc3ccc(C#N)cc3)CC2)cc1F. The third kappa shape index (κ3) is 5.39. The maximum absolute atomic E-state index is 13.7. The second kappa shape index (κ2) is 9.30. The van der Waals surface area contributed by atoms with Crippen LogP contribution in [0.5, 0.6) is 0 Å². The summed E-state index contributed by atoms with van der Waals surface area (Å²) in [4.78, 5) is 28.5. The molecule has 0 aliphatic carbocycles. The molecular formula is C22H23FN4O2. The van der Waals surface area contributed by atoms with Crippen LogP contribution in [0.1, 0.15) is 27.9 Å². The maximum atomic E-state index is 13.7. The Morgan fingerprint density at radius 2 is 1.79 bits per heavy atom. The molecule has 0 radical (unpaired) electrons. The van der Waals surface area contributed by atoms with E-state index in [1.54, 1.807) is 48.2 Å². The molecule has 0 saturated carbocycles. The molecule has 0 spiro atoms. The number of piperazine rings is 1. The molecule has 1 aliphatic rings. The number of aryl methyl sites for hydroxylation is 1. The molecule has 0 aromatic heterocycles. The summed E-state index contributed by atoms with van der Waals surface area (Å²) in [6, 6.07) is 13.3. The van der Waals surface area contributed by atoms with E-state index in [1.165, 1.54) is 6.07 Å². The predicted octanol–water partition coefficient (Wildman–Crippen LogP) is 2.79. The summed E-state index contributed by atoms with van der Waals surface area (Å²) in [5.41, 5.74) is 2.09. The third-order valence-corrected chi connectivity index (χ3v) is 5.03. The molecule has 6 nitrogen and oxygen atoms in total. The van der Waals surface area contributed by atoms with Gasteiger partial charge in [0.1, 0.15) is 5.82 Å². The van der Waals surface area contributed by atoms with Crippen molar-refractivity contribution in [3.05, 3.63) is 65.0 Å². The minimum absolute atomic E-state index is 0.0941. The maximum Gasteiger partial charge on any atom is 0.254 e. The molecular weight excluding hydrogens is 371 g/mol. The topological polar surface area (TPSA) is 76.4 Å². The van der Waals surface area contributed by atoms with Gasteiger partial charge in [0.05, 0.1) is 11.6 Å². The predicted molar refractivity (Wildman–Crippen MR) is 108 cm³/mol. The van der Waals surface area contributed by atoms with Crippen LogP contribution in [0.25, 0.3) is 0 Å². The van der Waals surface area contributed by atoms with Crippen LogP contribution in [0.4, 0.5) is 10.1 Å². The Kier molecular flexibility index (Phi) is 6.57. The van der Waals surface area contributed by atoms with Crippen molar-refractivity contribution in [2.75, 3.05) is 38.0 Å². The first-order chi connectivity index (χ1) is 14.0. The van der Waals surface area contributed by atoms with Gasteiger partial charge in [-0.05, 0) is 48.9 Å². The highest BCUT2D eigenvalue weighted by Crippen LogP contribution is 2.14.